The minimum Gasteiger partial charge on any atom is -0.484 e. The second-order valence-corrected chi connectivity index (χ2v) is 8.94. The highest BCUT2D eigenvalue weighted by Gasteiger charge is 2.15. The van der Waals surface area contributed by atoms with Crippen LogP contribution >= 0.6 is 0 Å². The second kappa shape index (κ2) is 9.71. The number of ether oxygens (including phenoxy) is 1. The molecule has 28 heavy (non-hydrogen) atoms. The average Bonchev–Trinajstić information content (AvgIpc) is 2.57. The molecule has 7 heteroatoms. The summed E-state index contributed by atoms with van der Waals surface area (Å²) in [7, 11) is -3.44. The first-order valence-corrected chi connectivity index (χ1v) is 10.8. The Labute approximate surface area is 167 Å². The van der Waals surface area contributed by atoms with Crippen molar-refractivity contribution in [3.05, 3.63) is 64.7 Å². The van der Waals surface area contributed by atoms with Gasteiger partial charge in [0.25, 0.3) is 5.91 Å². The minimum absolute atomic E-state index is 0.0989. The molecule has 2 rings (SSSR count). The third kappa shape index (κ3) is 7.32. The van der Waals surface area contributed by atoms with Crippen LogP contribution < -0.4 is 14.8 Å². The van der Waals surface area contributed by atoms with Crippen LogP contribution in [0.4, 0.5) is 0 Å². The molecular formula is C21H28N2O4S. The Morgan fingerprint density at radius 2 is 1.64 bits per heavy atom. The van der Waals surface area contributed by atoms with Crippen LogP contribution in [0.15, 0.2) is 42.5 Å². The summed E-state index contributed by atoms with van der Waals surface area (Å²) in [5, 5.41) is 2.79. The minimum atomic E-state index is -3.44. The zero-order valence-corrected chi connectivity index (χ0v) is 17.6. The number of carbonyl (C=O) groups is 1. The molecule has 0 radical (unpaired) electrons. The molecule has 0 aliphatic rings. The van der Waals surface area contributed by atoms with Crippen LogP contribution in [0.25, 0.3) is 0 Å². The highest BCUT2D eigenvalue weighted by molar-refractivity contribution is 7.88. The maximum atomic E-state index is 12.2. The van der Waals surface area contributed by atoms with E-state index in [1.165, 1.54) is 0 Å². The van der Waals surface area contributed by atoms with Crippen molar-refractivity contribution in [1.29, 1.82) is 0 Å². The molecule has 6 nitrogen and oxygen atoms in total. The van der Waals surface area contributed by atoms with E-state index < -0.39 is 10.0 Å². The summed E-state index contributed by atoms with van der Waals surface area (Å²) in [6, 6.07) is 12.8. The van der Waals surface area contributed by atoms with E-state index >= 15 is 0 Å². The van der Waals surface area contributed by atoms with Crippen molar-refractivity contribution >= 4 is 15.9 Å². The van der Waals surface area contributed by atoms with Gasteiger partial charge in [0.1, 0.15) is 5.75 Å². The topological polar surface area (TPSA) is 84.5 Å². The first kappa shape index (κ1) is 21.9. The van der Waals surface area contributed by atoms with Gasteiger partial charge >= 0.3 is 0 Å². The number of rotatable bonds is 9. The van der Waals surface area contributed by atoms with Gasteiger partial charge in [0.05, 0.1) is 5.75 Å². The largest absolute Gasteiger partial charge is 0.484 e. The van der Waals surface area contributed by atoms with Gasteiger partial charge in [-0.3, -0.25) is 4.79 Å². The number of aryl methyl sites for hydroxylation is 2. The predicted molar refractivity (Wildman–Crippen MR) is 111 cm³/mol. The fourth-order valence-corrected chi connectivity index (χ4v) is 4.38. The van der Waals surface area contributed by atoms with Crippen LogP contribution in [-0.2, 0) is 27.1 Å². The molecule has 0 unspecified atom stereocenters. The Morgan fingerprint density at radius 1 is 1.04 bits per heavy atom. The summed E-state index contributed by atoms with van der Waals surface area (Å²) in [6.45, 7) is 7.64. The number of nitrogens with one attached hydrogen (secondary N) is 2. The molecule has 0 fully saturated rings. The van der Waals surface area contributed by atoms with E-state index in [2.05, 4.69) is 10.0 Å². The zero-order chi connectivity index (χ0) is 20.7. The molecule has 0 aliphatic carbocycles. The quantitative estimate of drug-likeness (QED) is 0.673. The fraction of sp³-hybridized carbons (Fsp3) is 0.381. The van der Waals surface area contributed by atoms with Gasteiger partial charge < -0.3 is 10.1 Å². The van der Waals surface area contributed by atoms with Gasteiger partial charge in [0, 0.05) is 12.6 Å². The highest BCUT2D eigenvalue weighted by Crippen LogP contribution is 2.16. The van der Waals surface area contributed by atoms with Crippen molar-refractivity contribution in [2.75, 3.05) is 6.61 Å². The number of carbonyl (C=O) groups excluding carboxylic acids is 1. The molecular weight excluding hydrogens is 376 g/mol. The molecule has 0 saturated carbocycles. The molecule has 1 amide bonds. The first-order valence-electron chi connectivity index (χ1n) is 9.19. The van der Waals surface area contributed by atoms with Crippen molar-refractivity contribution in [3.63, 3.8) is 0 Å². The highest BCUT2D eigenvalue weighted by atomic mass is 32.2. The van der Waals surface area contributed by atoms with Crippen molar-refractivity contribution in [3.8, 4) is 5.75 Å². The van der Waals surface area contributed by atoms with Gasteiger partial charge in [-0.25, -0.2) is 13.1 Å². The van der Waals surface area contributed by atoms with Crippen LogP contribution in [0.1, 0.15) is 36.1 Å². The summed E-state index contributed by atoms with van der Waals surface area (Å²) in [5.74, 6) is 0.257. The monoisotopic (exact) mass is 404 g/mol. The van der Waals surface area contributed by atoms with E-state index in [9.17, 15) is 13.2 Å². The summed E-state index contributed by atoms with van der Waals surface area (Å²) in [6.07, 6.45) is 0. The van der Waals surface area contributed by atoms with Gasteiger partial charge in [-0.1, -0.05) is 30.3 Å². The zero-order valence-electron chi connectivity index (χ0n) is 16.8. The van der Waals surface area contributed by atoms with Crippen molar-refractivity contribution in [2.24, 2.45) is 0 Å². The lowest BCUT2D eigenvalue weighted by atomic mass is 10.1. The van der Waals surface area contributed by atoms with Crippen LogP contribution in [0, 0.1) is 13.8 Å². The number of benzene rings is 2. The predicted octanol–water partition coefficient (Wildman–Crippen LogP) is 2.83. The van der Waals surface area contributed by atoms with Gasteiger partial charge in [-0.15, -0.1) is 0 Å². The van der Waals surface area contributed by atoms with E-state index in [0.717, 1.165) is 16.7 Å². The van der Waals surface area contributed by atoms with Gasteiger partial charge in [-0.2, -0.15) is 0 Å². The molecule has 2 aromatic carbocycles. The van der Waals surface area contributed by atoms with E-state index in [1.54, 1.807) is 26.0 Å². The number of hydrogen-bond donors (Lipinski definition) is 2. The molecule has 0 spiro atoms. The molecule has 0 bridgehead atoms. The summed E-state index contributed by atoms with van der Waals surface area (Å²) < 4.78 is 32.5. The van der Waals surface area contributed by atoms with Crippen molar-refractivity contribution in [1.82, 2.24) is 10.0 Å². The molecule has 0 aromatic heterocycles. The molecule has 2 N–H and O–H groups in total. The Balaban J connectivity index is 1.94. The van der Waals surface area contributed by atoms with Gasteiger partial charge in [0.15, 0.2) is 6.61 Å². The summed E-state index contributed by atoms with van der Waals surface area (Å²) in [4.78, 5) is 12.1. The van der Waals surface area contributed by atoms with Crippen LogP contribution in [0.3, 0.4) is 0 Å². The van der Waals surface area contributed by atoms with Crippen LogP contribution in [-0.4, -0.2) is 27.0 Å². The lowest BCUT2D eigenvalue weighted by Gasteiger charge is -2.13. The third-order valence-corrected chi connectivity index (χ3v) is 5.44. The maximum Gasteiger partial charge on any atom is 0.258 e. The Bertz CT molecular complexity index is 904. The molecule has 0 aliphatic heterocycles. The molecule has 0 atom stereocenters. The lowest BCUT2D eigenvalue weighted by molar-refractivity contribution is -0.123. The fourth-order valence-electron chi connectivity index (χ4n) is 2.89. The molecule has 0 heterocycles. The normalized spacial score (nSPS) is 11.5. The van der Waals surface area contributed by atoms with Crippen molar-refractivity contribution in [2.45, 2.75) is 46.0 Å². The van der Waals surface area contributed by atoms with Gasteiger partial charge in [-0.05, 0) is 62.1 Å². The molecule has 0 saturated heterocycles. The average molecular weight is 405 g/mol. The molecule has 152 valence electrons. The Hall–Kier alpha value is -2.38. The smallest absolute Gasteiger partial charge is 0.258 e. The standard InChI is InChI=1S/C21H28N2O4S/c1-15(2)23-28(25,26)14-19-8-6-5-7-18(19)12-22-21(24)13-27-20-10-16(3)9-17(4)11-20/h5-11,15,23H,12-14H2,1-4H3,(H,22,24). The Kier molecular flexibility index (Phi) is 7.60. The van der Waals surface area contributed by atoms with E-state index in [4.69, 9.17) is 4.74 Å². The van der Waals surface area contributed by atoms with Gasteiger partial charge in [0.2, 0.25) is 10.0 Å². The van der Waals surface area contributed by atoms with E-state index in [1.807, 2.05) is 44.2 Å². The third-order valence-electron chi connectivity index (χ3n) is 3.92. The van der Waals surface area contributed by atoms with Crippen LogP contribution in [0.2, 0.25) is 0 Å². The number of amides is 1. The maximum absolute atomic E-state index is 12.2. The van der Waals surface area contributed by atoms with Crippen molar-refractivity contribution < 1.29 is 17.9 Å². The Morgan fingerprint density at radius 3 is 2.25 bits per heavy atom. The SMILES string of the molecule is Cc1cc(C)cc(OCC(=O)NCc2ccccc2CS(=O)(=O)NC(C)C)c1. The lowest BCUT2D eigenvalue weighted by Crippen LogP contribution is -2.32. The molecule has 2 aromatic rings. The van der Waals surface area contributed by atoms with Crippen LogP contribution in [0.5, 0.6) is 5.75 Å². The second-order valence-electron chi connectivity index (χ2n) is 7.19. The summed E-state index contributed by atoms with van der Waals surface area (Å²) in [5.41, 5.74) is 3.56. The summed E-state index contributed by atoms with van der Waals surface area (Å²) >= 11 is 0. The number of sulfonamides is 1. The van der Waals surface area contributed by atoms with E-state index in [0.29, 0.717) is 11.3 Å². The van der Waals surface area contributed by atoms with E-state index in [-0.39, 0.29) is 30.9 Å². The number of hydrogen-bond acceptors (Lipinski definition) is 4. The first-order chi connectivity index (χ1) is 13.1.